The van der Waals surface area contributed by atoms with E-state index < -0.39 is 11.8 Å². The van der Waals surface area contributed by atoms with Crippen LogP contribution < -0.4 is 11.5 Å². The van der Waals surface area contributed by atoms with Crippen molar-refractivity contribution < 1.29 is 5.11 Å². The molecule has 3 nitrogen and oxygen atoms in total. The number of benzene rings is 2. The van der Waals surface area contributed by atoms with Crippen LogP contribution in [0, 0.1) is 35.0 Å². The van der Waals surface area contributed by atoms with Crippen molar-refractivity contribution in [2.75, 3.05) is 0 Å². The van der Waals surface area contributed by atoms with Crippen LogP contribution in [0.4, 0.5) is 0 Å². The highest BCUT2D eigenvalue weighted by molar-refractivity contribution is 5.21. The summed E-state index contributed by atoms with van der Waals surface area (Å²) in [6.45, 7) is 7.02. The third-order valence-electron chi connectivity index (χ3n) is 10.4. The molecule has 5 N–H and O–H groups in total. The molecule has 0 aromatic heterocycles. The largest absolute Gasteiger partial charge is 0.393 e. The quantitative estimate of drug-likeness (QED) is 0.270. The lowest BCUT2D eigenvalue weighted by Gasteiger charge is -2.57. The Morgan fingerprint density at radius 1 is 0.737 bits per heavy atom. The normalized spacial score (nSPS) is 27.8. The summed E-state index contributed by atoms with van der Waals surface area (Å²) in [4.78, 5) is 0. The molecule has 2 saturated carbocycles. The summed E-state index contributed by atoms with van der Waals surface area (Å²) in [5, 5.41) is 11.8. The molecule has 2 aromatic rings. The molecule has 0 heterocycles. The lowest BCUT2D eigenvalue weighted by molar-refractivity contribution is -0.0655. The average Bonchev–Trinajstić information content (AvgIpc) is 2.90. The highest BCUT2D eigenvalue weighted by Crippen LogP contribution is 2.54. The highest BCUT2D eigenvalue weighted by atomic mass is 16.3. The van der Waals surface area contributed by atoms with Crippen molar-refractivity contribution in [2.45, 2.75) is 110 Å². The lowest BCUT2D eigenvalue weighted by atomic mass is 9.52. The molecule has 38 heavy (non-hydrogen) atoms. The minimum atomic E-state index is -0.808. The molecule has 2 fully saturated rings. The maximum Gasteiger partial charge on any atom is 0.0730 e. The number of aliphatic hydroxyl groups is 1. The van der Waals surface area contributed by atoms with Gasteiger partial charge < -0.3 is 16.6 Å². The molecule has 2 aliphatic carbocycles. The molecule has 0 aliphatic heterocycles. The number of hydrogen-bond donors (Lipinski definition) is 3. The summed E-state index contributed by atoms with van der Waals surface area (Å²) < 4.78 is 0. The first-order valence-corrected chi connectivity index (χ1v) is 15.5. The maximum absolute atomic E-state index is 11.8. The summed E-state index contributed by atoms with van der Waals surface area (Å²) in [6, 6.07) is 21.5. The fraction of sp³-hybridized carbons (Fsp3) is 0.657. The summed E-state index contributed by atoms with van der Waals surface area (Å²) >= 11 is 0. The van der Waals surface area contributed by atoms with Crippen LogP contribution >= 0.6 is 0 Å². The van der Waals surface area contributed by atoms with E-state index in [0.29, 0.717) is 24.2 Å². The second-order valence-corrected chi connectivity index (χ2v) is 13.6. The van der Waals surface area contributed by atoms with E-state index in [0.717, 1.165) is 43.9 Å². The molecular weight excluding hydrogens is 464 g/mol. The minimum absolute atomic E-state index is 0.302. The Bertz CT molecular complexity index is 944. The van der Waals surface area contributed by atoms with Gasteiger partial charge in [-0.2, -0.15) is 0 Å². The molecule has 0 radical (unpaired) electrons. The first-order chi connectivity index (χ1) is 18.2. The van der Waals surface area contributed by atoms with Crippen LogP contribution in [-0.4, -0.2) is 16.9 Å². The monoisotopic (exact) mass is 518 g/mol. The van der Waals surface area contributed by atoms with Crippen molar-refractivity contribution >= 4 is 0 Å². The van der Waals surface area contributed by atoms with E-state index in [1.54, 1.807) is 0 Å². The Morgan fingerprint density at radius 3 is 1.74 bits per heavy atom. The molecule has 0 spiro atoms. The molecule has 3 unspecified atom stereocenters. The third kappa shape index (κ3) is 7.09. The fourth-order valence-corrected chi connectivity index (χ4v) is 8.05. The smallest absolute Gasteiger partial charge is 0.0730 e. The van der Waals surface area contributed by atoms with E-state index in [1.165, 1.54) is 49.7 Å². The van der Waals surface area contributed by atoms with Crippen molar-refractivity contribution in [3.8, 4) is 0 Å². The Kier molecular flexibility index (Phi) is 10.1. The average molecular weight is 519 g/mol. The second kappa shape index (κ2) is 13.1. The van der Waals surface area contributed by atoms with Crippen LogP contribution in [0.2, 0.25) is 0 Å². The van der Waals surface area contributed by atoms with Gasteiger partial charge in [0.05, 0.1) is 11.8 Å². The van der Waals surface area contributed by atoms with Gasteiger partial charge in [-0.15, -0.1) is 0 Å². The predicted octanol–water partition coefficient (Wildman–Crippen LogP) is 7.50. The molecule has 0 bridgehead atoms. The number of aliphatic hydroxyl groups excluding tert-OH is 1. The Hall–Kier alpha value is -1.68. The van der Waals surface area contributed by atoms with E-state index in [-0.39, 0.29) is 5.41 Å². The van der Waals surface area contributed by atoms with E-state index in [1.807, 2.05) is 0 Å². The molecule has 210 valence electrons. The van der Waals surface area contributed by atoms with Gasteiger partial charge in [0.25, 0.3) is 0 Å². The van der Waals surface area contributed by atoms with Gasteiger partial charge >= 0.3 is 0 Å². The molecule has 3 heteroatoms. The highest BCUT2D eigenvalue weighted by Gasteiger charge is 2.55. The van der Waals surface area contributed by atoms with Gasteiger partial charge in [0.15, 0.2) is 0 Å². The van der Waals surface area contributed by atoms with Gasteiger partial charge in [-0.25, -0.2) is 0 Å². The van der Waals surface area contributed by atoms with Crippen LogP contribution in [0.25, 0.3) is 0 Å². The van der Waals surface area contributed by atoms with Crippen LogP contribution in [0.5, 0.6) is 0 Å². The van der Waals surface area contributed by atoms with Gasteiger partial charge in [-0.3, -0.25) is 0 Å². The van der Waals surface area contributed by atoms with Gasteiger partial charge in [0, 0.05) is 5.41 Å². The molecule has 3 atom stereocenters. The molecule has 0 amide bonds. The predicted molar refractivity (Wildman–Crippen MR) is 160 cm³/mol. The van der Waals surface area contributed by atoms with Crippen LogP contribution in [0.1, 0.15) is 96.1 Å². The Labute approximate surface area is 232 Å². The standard InChI is InChI=1S/C35H54N2O/c1-26-14-18-31(19-15-26)34(24-30-12-8-5-9-13-30,35(36,37)32-20-16-27(2)17-21-32)25-33(38)23-28(3)22-29-10-6-4-7-11-29/h4-13,26-28,31-33,38H,14-25,36-37H2,1-3H3. The third-order valence-corrected chi connectivity index (χ3v) is 10.4. The number of hydrogen-bond acceptors (Lipinski definition) is 3. The van der Waals surface area contributed by atoms with Gasteiger partial charge in [-0.05, 0) is 92.1 Å². The Morgan fingerprint density at radius 2 is 1.21 bits per heavy atom. The van der Waals surface area contributed by atoms with Gasteiger partial charge in [-0.1, -0.05) is 107 Å². The van der Waals surface area contributed by atoms with E-state index in [9.17, 15) is 5.11 Å². The zero-order valence-corrected chi connectivity index (χ0v) is 24.3. The van der Waals surface area contributed by atoms with E-state index >= 15 is 0 Å². The lowest BCUT2D eigenvalue weighted by Crippen LogP contribution is -2.71. The number of rotatable bonds is 11. The summed E-state index contributed by atoms with van der Waals surface area (Å²) in [5.74, 6) is 2.65. The van der Waals surface area contributed by atoms with Gasteiger partial charge in [0.2, 0.25) is 0 Å². The van der Waals surface area contributed by atoms with Crippen LogP contribution in [0.15, 0.2) is 60.7 Å². The first kappa shape index (κ1) is 29.3. The van der Waals surface area contributed by atoms with E-state index in [2.05, 4.69) is 81.4 Å². The summed E-state index contributed by atoms with van der Waals surface area (Å²) in [5.41, 5.74) is 16.5. The second-order valence-electron chi connectivity index (χ2n) is 13.6. The van der Waals surface area contributed by atoms with Crippen molar-refractivity contribution in [1.29, 1.82) is 0 Å². The molecule has 2 aromatic carbocycles. The van der Waals surface area contributed by atoms with Crippen molar-refractivity contribution in [3.05, 3.63) is 71.8 Å². The first-order valence-electron chi connectivity index (χ1n) is 15.5. The fourth-order valence-electron chi connectivity index (χ4n) is 8.05. The SMILES string of the molecule is CC1CCC(C(N)(N)C(Cc2ccccc2)(CC(O)CC(C)Cc2ccccc2)C2CCC(C)CC2)CC1. The van der Waals surface area contributed by atoms with Gasteiger partial charge in [0.1, 0.15) is 0 Å². The van der Waals surface area contributed by atoms with Crippen molar-refractivity contribution in [2.24, 2.45) is 46.5 Å². The molecule has 4 rings (SSSR count). The minimum Gasteiger partial charge on any atom is -0.393 e. The summed E-state index contributed by atoms with van der Waals surface area (Å²) in [7, 11) is 0. The van der Waals surface area contributed by atoms with Crippen molar-refractivity contribution in [3.63, 3.8) is 0 Å². The summed E-state index contributed by atoms with van der Waals surface area (Å²) in [6.07, 6.45) is 12.3. The Balaban J connectivity index is 1.65. The number of nitrogens with two attached hydrogens (primary N) is 2. The zero-order valence-electron chi connectivity index (χ0n) is 24.3. The molecule has 0 saturated heterocycles. The van der Waals surface area contributed by atoms with Crippen molar-refractivity contribution in [1.82, 2.24) is 0 Å². The zero-order chi connectivity index (χ0) is 27.2. The maximum atomic E-state index is 11.8. The topological polar surface area (TPSA) is 72.3 Å². The van der Waals surface area contributed by atoms with Crippen LogP contribution in [-0.2, 0) is 12.8 Å². The molecular formula is C35H54N2O. The molecule has 2 aliphatic rings. The van der Waals surface area contributed by atoms with Crippen LogP contribution in [0.3, 0.4) is 0 Å². The van der Waals surface area contributed by atoms with E-state index in [4.69, 9.17) is 11.5 Å².